The van der Waals surface area contributed by atoms with Crippen LogP contribution in [0.2, 0.25) is 0 Å². The second-order valence-electron chi connectivity index (χ2n) is 4.04. The van der Waals surface area contributed by atoms with Gasteiger partial charge in [-0.05, 0) is 18.2 Å². The van der Waals surface area contributed by atoms with Crippen molar-refractivity contribution in [2.24, 2.45) is 0 Å². The summed E-state index contributed by atoms with van der Waals surface area (Å²) in [6.45, 7) is 0. The van der Waals surface area contributed by atoms with Crippen molar-refractivity contribution in [3.8, 4) is 0 Å². The van der Waals surface area contributed by atoms with Crippen LogP contribution in [0.4, 0.5) is 22.7 Å². The Bertz CT molecular complexity index is 747. The van der Waals surface area contributed by atoms with Crippen molar-refractivity contribution >= 4 is 34.5 Å². The molecule has 1 heterocycles. The fraction of sp³-hybridized carbons (Fsp3) is 0. The Morgan fingerprint density at radius 1 is 0.950 bits per heavy atom. The average molecular weight is 289 g/mol. The number of fused-ring (bicyclic) bond motifs is 2. The summed E-state index contributed by atoms with van der Waals surface area (Å²) in [5.74, 6) is 0. The fourth-order valence-corrected chi connectivity index (χ4v) is 3.01. The largest absolute Gasteiger partial charge is 0.370 e. The van der Waals surface area contributed by atoms with Gasteiger partial charge in [0.15, 0.2) is 0 Å². The summed E-state index contributed by atoms with van der Waals surface area (Å²) in [4.78, 5) is 22.1. The van der Waals surface area contributed by atoms with E-state index >= 15 is 0 Å². The minimum atomic E-state index is -0.745. The molecule has 0 unspecified atom stereocenters. The number of hydrogen-bond donors (Lipinski definition) is 1. The van der Waals surface area contributed by atoms with Gasteiger partial charge in [-0.25, -0.2) is 0 Å². The lowest BCUT2D eigenvalue weighted by atomic mass is 10.2. The predicted octanol–water partition coefficient (Wildman–Crippen LogP) is 3.71. The van der Waals surface area contributed by atoms with E-state index in [0.717, 1.165) is 4.90 Å². The third kappa shape index (κ3) is 1.86. The molecule has 0 aromatic heterocycles. The first-order valence-corrected chi connectivity index (χ1v) is 6.39. The van der Waals surface area contributed by atoms with E-state index in [2.05, 4.69) is 5.32 Å². The molecule has 20 heavy (non-hydrogen) atoms. The lowest BCUT2D eigenvalue weighted by Gasteiger charge is -2.19. The molecule has 3 rings (SSSR count). The quantitative estimate of drug-likeness (QED) is 0.570. The van der Waals surface area contributed by atoms with Crippen molar-refractivity contribution < 1.29 is 9.85 Å². The summed E-state index contributed by atoms with van der Waals surface area (Å²) in [7, 11) is 0. The number of hydrogen-bond acceptors (Lipinski definition) is 6. The highest BCUT2D eigenvalue weighted by atomic mass is 32.2. The van der Waals surface area contributed by atoms with Gasteiger partial charge in [-0.1, -0.05) is 23.9 Å². The van der Waals surface area contributed by atoms with E-state index < -0.39 is 21.2 Å². The number of nitrogens with one attached hydrogen (secondary N) is 1. The minimum Gasteiger partial charge on any atom is -0.348 e. The standard InChI is InChI=1S/C12H7N3O4S/c16-14(17)8-5-6-10-11(12(8)15(18)19)13-7-3-1-2-4-9(7)20-10/h1-6,13H. The zero-order valence-corrected chi connectivity index (χ0v) is 10.7. The van der Waals surface area contributed by atoms with Crippen molar-refractivity contribution in [3.63, 3.8) is 0 Å². The first-order valence-electron chi connectivity index (χ1n) is 5.57. The zero-order chi connectivity index (χ0) is 14.3. The number of nitro groups is 2. The Morgan fingerprint density at radius 3 is 2.40 bits per heavy atom. The monoisotopic (exact) mass is 289 g/mol. The fourth-order valence-electron chi connectivity index (χ4n) is 2.01. The van der Waals surface area contributed by atoms with Gasteiger partial charge in [0, 0.05) is 15.9 Å². The van der Waals surface area contributed by atoms with Gasteiger partial charge >= 0.3 is 11.4 Å². The molecule has 0 aliphatic carbocycles. The van der Waals surface area contributed by atoms with Crippen molar-refractivity contribution in [1.29, 1.82) is 0 Å². The highest BCUT2D eigenvalue weighted by Crippen LogP contribution is 2.50. The van der Waals surface area contributed by atoms with Crippen LogP contribution in [-0.2, 0) is 0 Å². The first kappa shape index (κ1) is 12.4. The second kappa shape index (κ2) is 4.49. The lowest BCUT2D eigenvalue weighted by Crippen LogP contribution is -2.06. The van der Waals surface area contributed by atoms with Gasteiger partial charge in [-0.15, -0.1) is 0 Å². The molecule has 1 aliphatic heterocycles. The summed E-state index contributed by atoms with van der Waals surface area (Å²) < 4.78 is 0. The van der Waals surface area contributed by atoms with Crippen LogP contribution in [0.5, 0.6) is 0 Å². The summed E-state index contributed by atoms with van der Waals surface area (Å²) >= 11 is 1.34. The molecule has 100 valence electrons. The third-order valence-electron chi connectivity index (χ3n) is 2.86. The molecule has 1 N–H and O–H groups in total. The number of nitrogens with zero attached hydrogens (tertiary/aromatic N) is 2. The highest BCUT2D eigenvalue weighted by molar-refractivity contribution is 7.99. The molecule has 0 saturated heterocycles. The van der Waals surface area contributed by atoms with E-state index in [0.29, 0.717) is 10.6 Å². The van der Waals surface area contributed by atoms with Crippen molar-refractivity contribution in [1.82, 2.24) is 0 Å². The third-order valence-corrected chi connectivity index (χ3v) is 4.00. The van der Waals surface area contributed by atoms with Crippen molar-refractivity contribution in [3.05, 3.63) is 56.6 Å². The molecule has 2 aromatic carbocycles. The van der Waals surface area contributed by atoms with E-state index in [4.69, 9.17) is 0 Å². The normalized spacial score (nSPS) is 12.0. The number of para-hydroxylation sites is 1. The molecule has 0 saturated carbocycles. The van der Waals surface area contributed by atoms with Gasteiger partial charge in [0.05, 0.1) is 15.5 Å². The van der Waals surface area contributed by atoms with E-state index in [1.165, 1.54) is 23.9 Å². The molecular weight excluding hydrogens is 282 g/mol. The van der Waals surface area contributed by atoms with E-state index in [-0.39, 0.29) is 5.69 Å². The van der Waals surface area contributed by atoms with Gasteiger partial charge in [0.25, 0.3) is 0 Å². The Morgan fingerprint density at radius 2 is 1.70 bits per heavy atom. The molecule has 1 aliphatic rings. The van der Waals surface area contributed by atoms with Crippen molar-refractivity contribution in [2.45, 2.75) is 9.79 Å². The maximum atomic E-state index is 11.2. The molecule has 0 radical (unpaired) electrons. The van der Waals surface area contributed by atoms with Crippen LogP contribution in [0, 0.1) is 20.2 Å². The van der Waals surface area contributed by atoms with Crippen LogP contribution in [-0.4, -0.2) is 9.85 Å². The summed E-state index contributed by atoms with van der Waals surface area (Å²) in [5, 5.41) is 25.0. The Labute approximate surface area is 116 Å². The maximum Gasteiger partial charge on any atom is 0.370 e. The maximum absolute atomic E-state index is 11.2. The van der Waals surface area contributed by atoms with E-state index in [1.54, 1.807) is 12.1 Å². The molecule has 0 fully saturated rings. The molecule has 0 amide bonds. The van der Waals surface area contributed by atoms with Crippen LogP contribution in [0.15, 0.2) is 46.2 Å². The van der Waals surface area contributed by atoms with Gasteiger partial charge < -0.3 is 5.32 Å². The number of rotatable bonds is 2. The van der Waals surface area contributed by atoms with Crippen LogP contribution in [0.1, 0.15) is 0 Å². The molecule has 0 bridgehead atoms. The second-order valence-corrected chi connectivity index (χ2v) is 5.13. The number of benzene rings is 2. The first-order chi connectivity index (χ1) is 9.58. The van der Waals surface area contributed by atoms with Gasteiger partial charge in [-0.2, -0.15) is 0 Å². The summed E-state index contributed by atoms with van der Waals surface area (Å²) in [5.41, 5.74) is -0.141. The smallest absolute Gasteiger partial charge is 0.348 e. The van der Waals surface area contributed by atoms with Crippen LogP contribution >= 0.6 is 11.8 Å². The van der Waals surface area contributed by atoms with Crippen LogP contribution < -0.4 is 5.32 Å². The summed E-state index contributed by atoms with van der Waals surface area (Å²) in [6.07, 6.45) is 0. The van der Waals surface area contributed by atoms with Gasteiger partial charge in [-0.3, -0.25) is 20.2 Å². The van der Waals surface area contributed by atoms with E-state index in [1.807, 2.05) is 12.1 Å². The van der Waals surface area contributed by atoms with Crippen LogP contribution in [0.3, 0.4) is 0 Å². The minimum absolute atomic E-state index is 0.174. The average Bonchev–Trinajstić information content (AvgIpc) is 2.43. The van der Waals surface area contributed by atoms with Gasteiger partial charge in [0.1, 0.15) is 5.69 Å². The molecule has 0 atom stereocenters. The van der Waals surface area contributed by atoms with Crippen molar-refractivity contribution in [2.75, 3.05) is 5.32 Å². The Kier molecular flexibility index (Phi) is 2.79. The predicted molar refractivity (Wildman–Crippen MR) is 73.6 cm³/mol. The van der Waals surface area contributed by atoms with Gasteiger partial charge in [0.2, 0.25) is 0 Å². The molecular formula is C12H7N3O4S. The molecule has 7 nitrogen and oxygen atoms in total. The van der Waals surface area contributed by atoms with E-state index in [9.17, 15) is 20.2 Å². The van der Waals surface area contributed by atoms with Crippen LogP contribution in [0.25, 0.3) is 0 Å². The topological polar surface area (TPSA) is 98.3 Å². The number of anilines is 2. The molecule has 2 aromatic rings. The molecule has 0 spiro atoms. The summed E-state index contributed by atoms with van der Waals surface area (Å²) in [6, 6.07) is 9.99. The lowest BCUT2D eigenvalue weighted by molar-refractivity contribution is -0.422. The zero-order valence-electron chi connectivity index (χ0n) is 9.90. The Hall–Kier alpha value is -2.61. The Balaban J connectivity index is 2.21. The molecule has 8 heteroatoms. The number of nitro benzene ring substituents is 2. The highest BCUT2D eigenvalue weighted by Gasteiger charge is 2.33. The SMILES string of the molecule is O=[N+]([O-])c1ccc2c(c1[N+](=O)[O-])Nc1ccccc1S2.